The molecule has 1 aliphatic heterocycles. The number of imide groups is 1. The number of likely N-dealkylation sites (N-methyl/N-ethyl adjacent to an activating group) is 1. The zero-order chi connectivity index (χ0) is 20.4. The molecule has 6 nitrogen and oxygen atoms in total. The fraction of sp³-hybridized carbons (Fsp3) is 0.200. The molecule has 2 amide bonds. The summed E-state index contributed by atoms with van der Waals surface area (Å²) in [5.41, 5.74) is 1.14. The van der Waals surface area contributed by atoms with Crippen LogP contribution in [0.25, 0.3) is 5.57 Å². The van der Waals surface area contributed by atoms with E-state index >= 15 is 0 Å². The number of amides is 2. The third-order valence-electron chi connectivity index (χ3n) is 4.41. The van der Waals surface area contributed by atoms with E-state index in [4.69, 9.17) is 27.9 Å². The van der Waals surface area contributed by atoms with Crippen LogP contribution in [0.3, 0.4) is 0 Å². The van der Waals surface area contributed by atoms with Crippen LogP contribution in [0.4, 0.5) is 5.69 Å². The van der Waals surface area contributed by atoms with Gasteiger partial charge < -0.3 is 14.7 Å². The molecule has 0 unspecified atom stereocenters. The van der Waals surface area contributed by atoms with E-state index in [0.29, 0.717) is 22.0 Å². The average Bonchev–Trinajstić information content (AvgIpc) is 2.92. The van der Waals surface area contributed by atoms with Gasteiger partial charge in [-0.15, -0.1) is 0 Å². The second-order valence-electron chi connectivity index (χ2n) is 6.14. The Hall–Kier alpha value is -2.54. The van der Waals surface area contributed by atoms with Crippen LogP contribution in [-0.4, -0.2) is 49.1 Å². The maximum Gasteiger partial charge on any atom is 0.282 e. The van der Waals surface area contributed by atoms with Crippen molar-refractivity contribution in [3.8, 4) is 5.75 Å². The zero-order valence-electron chi connectivity index (χ0n) is 15.3. The van der Waals surface area contributed by atoms with Gasteiger partial charge in [-0.1, -0.05) is 29.3 Å². The Balaban J connectivity index is 2.13. The summed E-state index contributed by atoms with van der Waals surface area (Å²) in [6.07, 6.45) is 0. The number of anilines is 1. The summed E-state index contributed by atoms with van der Waals surface area (Å²) in [6, 6.07) is 11.3. The molecule has 0 aromatic heterocycles. The van der Waals surface area contributed by atoms with Crippen LogP contribution < -0.4 is 9.64 Å². The molecule has 0 spiro atoms. The van der Waals surface area contributed by atoms with Gasteiger partial charge in [0, 0.05) is 24.2 Å². The van der Waals surface area contributed by atoms with Crippen molar-refractivity contribution in [2.45, 2.75) is 0 Å². The van der Waals surface area contributed by atoms with E-state index in [1.807, 2.05) is 0 Å². The lowest BCUT2D eigenvalue weighted by Crippen LogP contribution is -2.34. The van der Waals surface area contributed by atoms with Gasteiger partial charge in [-0.25, -0.2) is 4.90 Å². The van der Waals surface area contributed by atoms with Gasteiger partial charge in [0.15, 0.2) is 0 Å². The number of hydrogen-bond donors (Lipinski definition) is 1. The van der Waals surface area contributed by atoms with E-state index < -0.39 is 11.8 Å². The van der Waals surface area contributed by atoms with Gasteiger partial charge in [-0.2, -0.15) is 0 Å². The Bertz CT molecular complexity index is 957. The predicted octanol–water partition coefficient (Wildman–Crippen LogP) is 3.21. The first kappa shape index (κ1) is 20.2. The van der Waals surface area contributed by atoms with Crippen molar-refractivity contribution in [1.82, 2.24) is 4.90 Å². The summed E-state index contributed by atoms with van der Waals surface area (Å²) in [7, 11) is 3.17. The maximum absolute atomic E-state index is 13.3. The van der Waals surface area contributed by atoms with Gasteiger partial charge in [0.2, 0.25) is 0 Å². The van der Waals surface area contributed by atoms with E-state index in [9.17, 15) is 14.7 Å². The second kappa shape index (κ2) is 8.22. The first-order chi connectivity index (χ1) is 13.4. The minimum absolute atomic E-state index is 0.165. The molecule has 0 saturated heterocycles. The maximum atomic E-state index is 13.3. The lowest BCUT2D eigenvalue weighted by Gasteiger charge is -2.20. The van der Waals surface area contributed by atoms with Gasteiger partial charge >= 0.3 is 0 Å². The number of carbonyl (C=O) groups excluding carboxylic acids is 2. The van der Waals surface area contributed by atoms with Crippen molar-refractivity contribution in [2.75, 3.05) is 32.2 Å². The quantitative estimate of drug-likeness (QED) is 0.726. The molecule has 0 bridgehead atoms. The molecule has 146 valence electrons. The highest BCUT2D eigenvalue weighted by Crippen LogP contribution is 2.38. The molecule has 1 heterocycles. The molecule has 8 heteroatoms. The van der Waals surface area contributed by atoms with Gasteiger partial charge in [0.25, 0.3) is 11.8 Å². The van der Waals surface area contributed by atoms with Crippen molar-refractivity contribution in [3.05, 3.63) is 63.8 Å². The van der Waals surface area contributed by atoms with Crippen LogP contribution in [-0.2, 0) is 9.59 Å². The van der Waals surface area contributed by atoms with Gasteiger partial charge in [-0.3, -0.25) is 9.59 Å². The zero-order valence-corrected chi connectivity index (χ0v) is 16.8. The number of rotatable bonds is 6. The van der Waals surface area contributed by atoms with Crippen LogP contribution >= 0.6 is 23.2 Å². The first-order valence-corrected chi connectivity index (χ1v) is 9.19. The van der Waals surface area contributed by atoms with Crippen molar-refractivity contribution >= 4 is 46.3 Å². The minimum atomic E-state index is -0.501. The third kappa shape index (κ3) is 3.58. The van der Waals surface area contributed by atoms with Crippen molar-refractivity contribution in [2.24, 2.45) is 0 Å². The summed E-state index contributed by atoms with van der Waals surface area (Å²) in [6.45, 7) is 0.00511. The van der Waals surface area contributed by atoms with Crippen LogP contribution in [0, 0.1) is 0 Å². The van der Waals surface area contributed by atoms with Crippen molar-refractivity contribution in [1.29, 1.82) is 0 Å². The number of aliphatic hydroxyl groups excluding tert-OH is 1. The molecule has 0 atom stereocenters. The van der Waals surface area contributed by atoms with Crippen molar-refractivity contribution < 1.29 is 19.4 Å². The highest BCUT2D eigenvalue weighted by atomic mass is 35.5. The normalized spacial score (nSPS) is 14.1. The van der Waals surface area contributed by atoms with E-state index in [0.717, 1.165) is 4.90 Å². The second-order valence-corrected chi connectivity index (χ2v) is 6.98. The fourth-order valence-electron chi connectivity index (χ4n) is 3.03. The van der Waals surface area contributed by atoms with Crippen LogP contribution in [0.2, 0.25) is 10.0 Å². The lowest BCUT2D eigenvalue weighted by atomic mass is 10.0. The molecule has 1 aliphatic rings. The smallest absolute Gasteiger partial charge is 0.282 e. The Kier molecular flexibility index (Phi) is 5.93. The van der Waals surface area contributed by atoms with Crippen molar-refractivity contribution in [3.63, 3.8) is 0 Å². The molecule has 0 radical (unpaired) electrons. The topological polar surface area (TPSA) is 70.1 Å². The number of aliphatic hydroxyl groups is 1. The molecule has 0 aliphatic carbocycles. The molecule has 2 aromatic carbocycles. The number of methoxy groups -OCH3 is 1. The Morgan fingerprint density at radius 2 is 1.75 bits per heavy atom. The third-order valence-corrected chi connectivity index (χ3v) is 4.96. The van der Waals surface area contributed by atoms with E-state index in [-0.39, 0.29) is 29.4 Å². The molecular formula is C20H18Cl2N2O4. The predicted molar refractivity (Wildman–Crippen MR) is 109 cm³/mol. The molecule has 1 N–H and O–H groups in total. The molecule has 0 fully saturated rings. The molecular weight excluding hydrogens is 403 g/mol. The Morgan fingerprint density at radius 1 is 1.07 bits per heavy atom. The first-order valence-electron chi connectivity index (χ1n) is 8.43. The van der Waals surface area contributed by atoms with Crippen LogP contribution in [0.5, 0.6) is 5.75 Å². The van der Waals surface area contributed by atoms with E-state index in [2.05, 4.69) is 0 Å². The summed E-state index contributed by atoms with van der Waals surface area (Å²) in [5, 5.41) is 9.99. The summed E-state index contributed by atoms with van der Waals surface area (Å²) < 4.78 is 5.13. The molecule has 2 aromatic rings. The Labute approximate surface area is 172 Å². The monoisotopic (exact) mass is 420 g/mol. The largest absolute Gasteiger partial charge is 0.497 e. The molecule has 0 saturated carbocycles. The van der Waals surface area contributed by atoms with Gasteiger partial charge in [0.05, 0.1) is 30.0 Å². The highest BCUT2D eigenvalue weighted by Gasteiger charge is 2.42. The minimum Gasteiger partial charge on any atom is -0.497 e. The SMILES string of the molecule is COc1ccc(N2C(=O)C(c3ccc(Cl)cc3Cl)=C(N(C)CCO)C2=O)cc1. The summed E-state index contributed by atoms with van der Waals surface area (Å²) in [5.74, 6) is -0.388. The number of ether oxygens (including phenoxy) is 1. The van der Waals surface area contributed by atoms with Gasteiger partial charge in [-0.05, 0) is 36.4 Å². The number of benzene rings is 2. The summed E-state index contributed by atoms with van der Waals surface area (Å²) >= 11 is 12.3. The van der Waals surface area contributed by atoms with E-state index in [1.165, 1.54) is 13.2 Å². The fourth-order valence-corrected chi connectivity index (χ4v) is 3.54. The number of carbonyl (C=O) groups is 2. The standard InChI is InChI=1S/C20H18Cl2N2O4/c1-23(9-10-25)18-17(15-8-3-12(21)11-16(15)22)19(26)24(20(18)27)13-4-6-14(28-2)7-5-13/h3-8,11,25H,9-10H2,1-2H3. The van der Waals surface area contributed by atoms with Crippen LogP contribution in [0.15, 0.2) is 48.2 Å². The number of halogens is 2. The number of nitrogens with zero attached hydrogens (tertiary/aromatic N) is 2. The average molecular weight is 421 g/mol. The highest BCUT2D eigenvalue weighted by molar-refractivity contribution is 6.47. The lowest BCUT2D eigenvalue weighted by molar-refractivity contribution is -0.120. The summed E-state index contributed by atoms with van der Waals surface area (Å²) in [4.78, 5) is 29.1. The van der Waals surface area contributed by atoms with E-state index in [1.54, 1.807) is 48.3 Å². The molecule has 3 rings (SSSR count). The molecule has 28 heavy (non-hydrogen) atoms. The Morgan fingerprint density at radius 3 is 2.32 bits per heavy atom. The van der Waals surface area contributed by atoms with Crippen LogP contribution in [0.1, 0.15) is 5.56 Å². The van der Waals surface area contributed by atoms with Gasteiger partial charge in [0.1, 0.15) is 11.4 Å². The number of hydrogen-bond acceptors (Lipinski definition) is 5.